The molecule has 0 aliphatic carbocycles. The molecule has 5 heteroatoms. The van der Waals surface area contributed by atoms with Gasteiger partial charge in [0.1, 0.15) is 11.6 Å². The highest BCUT2D eigenvalue weighted by Crippen LogP contribution is 2.18. The average molecular weight is 219 g/mol. The molecule has 0 fully saturated rings. The smallest absolute Gasteiger partial charge is 0.164 e. The molecule has 1 atom stereocenters. The van der Waals surface area contributed by atoms with E-state index in [4.69, 9.17) is 5.73 Å². The average Bonchev–Trinajstić information content (AvgIpc) is 2.64. The van der Waals surface area contributed by atoms with Crippen LogP contribution in [0, 0.1) is 13.8 Å². The molecule has 2 aromatic heterocycles. The van der Waals surface area contributed by atoms with Crippen molar-refractivity contribution in [1.82, 2.24) is 19.6 Å². The number of rotatable bonds is 3. The number of nitrogens with two attached hydrogens (primary N) is 1. The van der Waals surface area contributed by atoms with Gasteiger partial charge in [-0.05, 0) is 20.3 Å². The summed E-state index contributed by atoms with van der Waals surface area (Å²) in [6.07, 6.45) is 0.963. The first-order valence-corrected chi connectivity index (χ1v) is 5.56. The van der Waals surface area contributed by atoms with Gasteiger partial charge in [-0.25, -0.2) is 4.98 Å². The number of hydrogen-bond acceptors (Lipinski definition) is 4. The van der Waals surface area contributed by atoms with E-state index < -0.39 is 0 Å². The zero-order valence-electron chi connectivity index (χ0n) is 9.94. The van der Waals surface area contributed by atoms with Crippen molar-refractivity contribution >= 4 is 5.65 Å². The molecule has 0 aromatic carbocycles. The highest BCUT2D eigenvalue weighted by molar-refractivity contribution is 5.40. The second-order valence-electron chi connectivity index (χ2n) is 4.04. The van der Waals surface area contributed by atoms with Crippen molar-refractivity contribution in [2.45, 2.75) is 33.1 Å². The third-order valence-corrected chi connectivity index (χ3v) is 2.86. The van der Waals surface area contributed by atoms with Crippen LogP contribution in [0.3, 0.4) is 0 Å². The normalized spacial score (nSPS) is 13.2. The van der Waals surface area contributed by atoms with Gasteiger partial charge in [-0.3, -0.25) is 4.40 Å². The molecular weight excluding hydrogens is 202 g/mol. The van der Waals surface area contributed by atoms with Gasteiger partial charge in [0.15, 0.2) is 5.65 Å². The van der Waals surface area contributed by atoms with Crippen LogP contribution in [0.1, 0.15) is 36.6 Å². The topological polar surface area (TPSA) is 69.1 Å². The van der Waals surface area contributed by atoms with Crippen LogP contribution in [-0.2, 0) is 0 Å². The molecule has 2 aromatic rings. The Balaban J connectivity index is 2.64. The maximum absolute atomic E-state index is 5.74. The van der Waals surface area contributed by atoms with E-state index >= 15 is 0 Å². The molecule has 16 heavy (non-hydrogen) atoms. The minimum atomic E-state index is 0.248. The molecule has 0 aliphatic heterocycles. The zero-order valence-corrected chi connectivity index (χ0v) is 9.94. The van der Waals surface area contributed by atoms with E-state index in [0.29, 0.717) is 6.54 Å². The van der Waals surface area contributed by atoms with Crippen LogP contribution in [0.25, 0.3) is 5.65 Å². The fourth-order valence-corrected chi connectivity index (χ4v) is 1.98. The Morgan fingerprint density at radius 2 is 2.12 bits per heavy atom. The van der Waals surface area contributed by atoms with Crippen LogP contribution in [0.5, 0.6) is 0 Å². The lowest BCUT2D eigenvalue weighted by atomic mass is 10.1. The molecule has 1 unspecified atom stereocenters. The van der Waals surface area contributed by atoms with Gasteiger partial charge in [0, 0.05) is 24.2 Å². The summed E-state index contributed by atoms with van der Waals surface area (Å²) in [5, 5.41) is 8.41. The molecule has 2 heterocycles. The maximum Gasteiger partial charge on any atom is 0.164 e. The molecule has 0 saturated carbocycles. The molecule has 2 rings (SSSR count). The molecule has 0 aliphatic rings. The quantitative estimate of drug-likeness (QED) is 0.842. The first-order chi connectivity index (χ1) is 7.67. The van der Waals surface area contributed by atoms with Gasteiger partial charge in [0.2, 0.25) is 0 Å². The molecule has 2 N–H and O–H groups in total. The number of fused-ring (bicyclic) bond motifs is 1. The Labute approximate surface area is 94.7 Å². The summed E-state index contributed by atoms with van der Waals surface area (Å²) < 4.78 is 1.99. The Morgan fingerprint density at radius 1 is 1.38 bits per heavy atom. The monoisotopic (exact) mass is 219 g/mol. The fourth-order valence-electron chi connectivity index (χ4n) is 1.98. The molecule has 0 spiro atoms. The molecule has 0 saturated heterocycles. The van der Waals surface area contributed by atoms with E-state index in [0.717, 1.165) is 29.4 Å². The summed E-state index contributed by atoms with van der Waals surface area (Å²) >= 11 is 0. The number of aromatic nitrogens is 4. The van der Waals surface area contributed by atoms with Crippen molar-refractivity contribution in [1.29, 1.82) is 0 Å². The minimum absolute atomic E-state index is 0.248. The van der Waals surface area contributed by atoms with Gasteiger partial charge in [-0.15, -0.1) is 10.2 Å². The van der Waals surface area contributed by atoms with Crippen molar-refractivity contribution in [2.75, 3.05) is 6.54 Å². The number of nitrogens with zero attached hydrogens (tertiary/aromatic N) is 4. The minimum Gasteiger partial charge on any atom is -0.330 e. The Hall–Kier alpha value is -1.49. The first kappa shape index (κ1) is 11.0. The summed E-state index contributed by atoms with van der Waals surface area (Å²) in [7, 11) is 0. The first-order valence-electron chi connectivity index (χ1n) is 5.56. The Morgan fingerprint density at radius 3 is 2.75 bits per heavy atom. The summed E-state index contributed by atoms with van der Waals surface area (Å²) in [6, 6.07) is 1.94. The summed E-state index contributed by atoms with van der Waals surface area (Å²) in [6.45, 7) is 6.62. The van der Waals surface area contributed by atoms with Crippen molar-refractivity contribution in [3.05, 3.63) is 23.4 Å². The van der Waals surface area contributed by atoms with Crippen molar-refractivity contribution in [3.8, 4) is 0 Å². The van der Waals surface area contributed by atoms with Crippen LogP contribution < -0.4 is 5.73 Å². The van der Waals surface area contributed by atoms with Gasteiger partial charge in [-0.2, -0.15) is 0 Å². The lowest BCUT2D eigenvalue weighted by molar-refractivity contribution is 0.618. The van der Waals surface area contributed by atoms with E-state index in [1.54, 1.807) is 0 Å². The molecule has 0 radical (unpaired) electrons. The Kier molecular flexibility index (Phi) is 2.87. The van der Waals surface area contributed by atoms with E-state index in [9.17, 15) is 0 Å². The van der Waals surface area contributed by atoms with E-state index in [-0.39, 0.29) is 5.92 Å². The van der Waals surface area contributed by atoms with Crippen molar-refractivity contribution < 1.29 is 0 Å². The maximum atomic E-state index is 5.74. The lowest BCUT2D eigenvalue weighted by Gasteiger charge is -2.11. The third-order valence-electron chi connectivity index (χ3n) is 2.86. The molecular formula is C11H17N5. The van der Waals surface area contributed by atoms with Crippen molar-refractivity contribution in [2.24, 2.45) is 5.73 Å². The Bertz CT molecular complexity index is 498. The SMILES string of the molecule is CCC(CN)c1nnc2cc(C)nc(C)n12. The molecule has 0 bridgehead atoms. The van der Waals surface area contributed by atoms with Crippen molar-refractivity contribution in [3.63, 3.8) is 0 Å². The van der Waals surface area contributed by atoms with Crippen LogP contribution in [0.15, 0.2) is 6.07 Å². The largest absolute Gasteiger partial charge is 0.330 e. The zero-order chi connectivity index (χ0) is 11.7. The van der Waals surface area contributed by atoms with Gasteiger partial charge in [-0.1, -0.05) is 6.92 Å². The number of aryl methyl sites for hydroxylation is 2. The molecule has 5 nitrogen and oxygen atoms in total. The highest BCUT2D eigenvalue weighted by atomic mass is 15.3. The van der Waals surface area contributed by atoms with Crippen LogP contribution in [0.2, 0.25) is 0 Å². The van der Waals surface area contributed by atoms with E-state index in [1.165, 1.54) is 0 Å². The highest BCUT2D eigenvalue weighted by Gasteiger charge is 2.16. The molecule has 0 amide bonds. The van der Waals surface area contributed by atoms with E-state index in [1.807, 2.05) is 24.3 Å². The molecule has 86 valence electrons. The van der Waals surface area contributed by atoms with Gasteiger partial charge < -0.3 is 5.73 Å². The van der Waals surface area contributed by atoms with Crippen LogP contribution >= 0.6 is 0 Å². The van der Waals surface area contributed by atoms with Crippen LogP contribution in [0.4, 0.5) is 0 Å². The summed E-state index contributed by atoms with van der Waals surface area (Å²) in [5.74, 6) is 2.09. The second kappa shape index (κ2) is 4.17. The fraction of sp³-hybridized carbons (Fsp3) is 0.545. The van der Waals surface area contributed by atoms with Gasteiger partial charge in [0.25, 0.3) is 0 Å². The lowest BCUT2D eigenvalue weighted by Crippen LogP contribution is -2.15. The van der Waals surface area contributed by atoms with Crippen LogP contribution in [-0.4, -0.2) is 26.1 Å². The van der Waals surface area contributed by atoms with Gasteiger partial charge >= 0.3 is 0 Å². The predicted molar refractivity (Wildman–Crippen MR) is 62.3 cm³/mol. The van der Waals surface area contributed by atoms with E-state index in [2.05, 4.69) is 22.1 Å². The summed E-state index contributed by atoms with van der Waals surface area (Å²) in [4.78, 5) is 4.43. The second-order valence-corrected chi connectivity index (χ2v) is 4.04. The standard InChI is InChI=1S/C11H17N5/c1-4-9(6-12)11-15-14-10-5-7(2)13-8(3)16(10)11/h5,9H,4,6,12H2,1-3H3. The third kappa shape index (κ3) is 1.67. The summed E-state index contributed by atoms with van der Waals surface area (Å²) in [5.41, 5.74) is 7.56. The number of hydrogen-bond donors (Lipinski definition) is 1. The predicted octanol–water partition coefficient (Wildman–Crippen LogP) is 1.19. The van der Waals surface area contributed by atoms with Gasteiger partial charge in [0.05, 0.1) is 0 Å².